The number of rotatable bonds is 5. The molecule has 0 spiro atoms. The van der Waals surface area contributed by atoms with Gasteiger partial charge < -0.3 is 0 Å². The Hall–Kier alpha value is -2.07. The fraction of sp³-hybridized carbons (Fsp3) is 0.458. The maximum atomic E-state index is 4.02. The van der Waals surface area contributed by atoms with Gasteiger partial charge in [0.05, 0.1) is 0 Å². The fourth-order valence-electron chi connectivity index (χ4n) is 3.92. The Balaban J connectivity index is 1.46. The van der Waals surface area contributed by atoms with Crippen LogP contribution >= 0.6 is 0 Å². The molecule has 3 rings (SSSR count). The lowest BCUT2D eigenvalue weighted by atomic mass is 9.78. The van der Waals surface area contributed by atoms with Crippen molar-refractivity contribution in [3.63, 3.8) is 0 Å². The van der Waals surface area contributed by atoms with Gasteiger partial charge in [0, 0.05) is 23.5 Å². The van der Waals surface area contributed by atoms with Gasteiger partial charge in [-0.1, -0.05) is 69.4 Å². The van der Waals surface area contributed by atoms with E-state index in [0.717, 1.165) is 23.0 Å². The second-order valence-electron chi connectivity index (χ2n) is 7.40. The molecule has 1 saturated carbocycles. The van der Waals surface area contributed by atoms with Crippen molar-refractivity contribution in [1.29, 1.82) is 0 Å². The zero-order valence-corrected chi connectivity index (χ0v) is 15.4. The molecule has 1 heterocycles. The Kier molecular flexibility index (Phi) is 6.69. The standard InChI is InChI=1S/C24H29N/c1-2-3-20-4-6-21(7-5-20)8-9-22-10-12-23(13-11-22)14-15-24-16-18-25-19-17-24/h10-13,16-21H,2-9H2,1H3. The highest BCUT2D eigenvalue weighted by Crippen LogP contribution is 2.33. The van der Waals surface area contributed by atoms with Gasteiger partial charge in [-0.15, -0.1) is 0 Å². The third-order valence-corrected chi connectivity index (χ3v) is 5.49. The molecule has 0 aliphatic heterocycles. The third kappa shape index (κ3) is 5.75. The van der Waals surface area contributed by atoms with Crippen LogP contribution < -0.4 is 0 Å². The van der Waals surface area contributed by atoms with Gasteiger partial charge in [0.1, 0.15) is 0 Å². The molecule has 0 unspecified atom stereocenters. The minimum absolute atomic E-state index is 0.944. The Morgan fingerprint density at radius 3 is 1.96 bits per heavy atom. The van der Waals surface area contributed by atoms with Crippen LogP contribution in [0.3, 0.4) is 0 Å². The Morgan fingerprint density at radius 2 is 1.36 bits per heavy atom. The first-order valence-electron chi connectivity index (χ1n) is 9.84. The van der Waals surface area contributed by atoms with Crippen LogP contribution in [0.2, 0.25) is 0 Å². The minimum Gasteiger partial charge on any atom is -0.265 e. The fourth-order valence-corrected chi connectivity index (χ4v) is 3.92. The molecule has 0 atom stereocenters. The molecule has 1 aliphatic rings. The summed E-state index contributed by atoms with van der Waals surface area (Å²) in [6.45, 7) is 2.32. The lowest BCUT2D eigenvalue weighted by Gasteiger charge is -2.28. The third-order valence-electron chi connectivity index (χ3n) is 5.49. The number of hydrogen-bond donors (Lipinski definition) is 0. The van der Waals surface area contributed by atoms with E-state index >= 15 is 0 Å². The van der Waals surface area contributed by atoms with Crippen LogP contribution in [-0.2, 0) is 6.42 Å². The van der Waals surface area contributed by atoms with Gasteiger partial charge in [-0.3, -0.25) is 4.98 Å². The van der Waals surface area contributed by atoms with Crippen LogP contribution in [-0.4, -0.2) is 4.98 Å². The molecule has 1 aromatic heterocycles. The molecule has 1 nitrogen and oxygen atoms in total. The van der Waals surface area contributed by atoms with Crippen molar-refractivity contribution in [3.05, 3.63) is 65.5 Å². The van der Waals surface area contributed by atoms with Gasteiger partial charge in [0.25, 0.3) is 0 Å². The first-order valence-corrected chi connectivity index (χ1v) is 9.84. The molecule has 1 heteroatoms. The first kappa shape index (κ1) is 17.7. The van der Waals surface area contributed by atoms with Gasteiger partial charge in [-0.05, 0) is 54.5 Å². The predicted molar refractivity (Wildman–Crippen MR) is 105 cm³/mol. The summed E-state index contributed by atoms with van der Waals surface area (Å²) < 4.78 is 0. The van der Waals surface area contributed by atoms with E-state index in [2.05, 4.69) is 48.0 Å². The van der Waals surface area contributed by atoms with E-state index in [-0.39, 0.29) is 0 Å². The second-order valence-corrected chi connectivity index (χ2v) is 7.40. The van der Waals surface area contributed by atoms with Crippen LogP contribution in [0.25, 0.3) is 0 Å². The van der Waals surface area contributed by atoms with Crippen LogP contribution in [0.1, 0.15) is 68.6 Å². The number of aromatic nitrogens is 1. The van der Waals surface area contributed by atoms with Crippen molar-refractivity contribution in [2.45, 2.75) is 58.3 Å². The maximum Gasteiger partial charge on any atom is 0.0280 e. The van der Waals surface area contributed by atoms with Gasteiger partial charge in [0.2, 0.25) is 0 Å². The number of benzene rings is 1. The number of nitrogens with zero attached hydrogens (tertiary/aromatic N) is 1. The van der Waals surface area contributed by atoms with Crippen molar-refractivity contribution in [3.8, 4) is 11.8 Å². The van der Waals surface area contributed by atoms with E-state index in [1.165, 1.54) is 56.9 Å². The minimum atomic E-state index is 0.944. The van der Waals surface area contributed by atoms with Crippen molar-refractivity contribution in [1.82, 2.24) is 4.98 Å². The zero-order chi connectivity index (χ0) is 17.3. The molecular formula is C24H29N. The van der Waals surface area contributed by atoms with Gasteiger partial charge in [0.15, 0.2) is 0 Å². The van der Waals surface area contributed by atoms with Crippen LogP contribution in [0.5, 0.6) is 0 Å². The molecule has 2 aromatic rings. The predicted octanol–water partition coefficient (Wildman–Crippen LogP) is 6.02. The smallest absolute Gasteiger partial charge is 0.0280 e. The van der Waals surface area contributed by atoms with E-state index < -0.39 is 0 Å². The molecule has 0 amide bonds. The quantitative estimate of drug-likeness (QED) is 0.610. The van der Waals surface area contributed by atoms with Gasteiger partial charge >= 0.3 is 0 Å². The van der Waals surface area contributed by atoms with Crippen LogP contribution in [0, 0.1) is 23.7 Å². The largest absolute Gasteiger partial charge is 0.265 e. The first-order chi connectivity index (χ1) is 12.3. The molecule has 0 bridgehead atoms. The Morgan fingerprint density at radius 1 is 0.800 bits per heavy atom. The van der Waals surface area contributed by atoms with E-state index in [1.54, 1.807) is 12.4 Å². The average Bonchev–Trinajstić information content (AvgIpc) is 2.68. The van der Waals surface area contributed by atoms with E-state index in [9.17, 15) is 0 Å². The van der Waals surface area contributed by atoms with Crippen molar-refractivity contribution >= 4 is 0 Å². The molecule has 0 radical (unpaired) electrons. The summed E-state index contributed by atoms with van der Waals surface area (Å²) in [5, 5.41) is 0. The van der Waals surface area contributed by atoms with Crippen molar-refractivity contribution in [2.24, 2.45) is 11.8 Å². The molecular weight excluding hydrogens is 302 g/mol. The molecule has 0 N–H and O–H groups in total. The van der Waals surface area contributed by atoms with E-state index in [1.807, 2.05) is 12.1 Å². The lowest BCUT2D eigenvalue weighted by Crippen LogP contribution is -2.15. The molecule has 1 aromatic carbocycles. The molecule has 1 aliphatic carbocycles. The van der Waals surface area contributed by atoms with E-state index in [0.29, 0.717) is 0 Å². The highest BCUT2D eigenvalue weighted by molar-refractivity contribution is 5.42. The van der Waals surface area contributed by atoms with Crippen molar-refractivity contribution < 1.29 is 0 Å². The van der Waals surface area contributed by atoms with Gasteiger partial charge in [-0.2, -0.15) is 0 Å². The summed E-state index contributed by atoms with van der Waals surface area (Å²) in [6, 6.07) is 12.7. The molecule has 25 heavy (non-hydrogen) atoms. The Bertz CT molecular complexity index is 682. The molecule has 130 valence electrons. The summed E-state index contributed by atoms with van der Waals surface area (Å²) in [7, 11) is 0. The molecule has 1 fully saturated rings. The summed E-state index contributed by atoms with van der Waals surface area (Å²) in [5.41, 5.74) is 3.54. The lowest BCUT2D eigenvalue weighted by molar-refractivity contribution is 0.252. The summed E-state index contributed by atoms with van der Waals surface area (Å²) in [5.74, 6) is 8.38. The van der Waals surface area contributed by atoms with Crippen LogP contribution in [0.4, 0.5) is 0 Å². The highest BCUT2D eigenvalue weighted by Gasteiger charge is 2.20. The highest BCUT2D eigenvalue weighted by atomic mass is 14.6. The van der Waals surface area contributed by atoms with Crippen LogP contribution in [0.15, 0.2) is 48.8 Å². The number of pyridine rings is 1. The maximum absolute atomic E-state index is 4.02. The summed E-state index contributed by atoms with van der Waals surface area (Å²) in [4.78, 5) is 4.02. The average molecular weight is 332 g/mol. The normalized spacial score (nSPS) is 19.9. The zero-order valence-electron chi connectivity index (χ0n) is 15.4. The number of hydrogen-bond acceptors (Lipinski definition) is 1. The van der Waals surface area contributed by atoms with Crippen molar-refractivity contribution in [2.75, 3.05) is 0 Å². The summed E-state index contributed by atoms with van der Waals surface area (Å²) >= 11 is 0. The second kappa shape index (κ2) is 9.42. The molecule has 0 saturated heterocycles. The van der Waals surface area contributed by atoms with E-state index in [4.69, 9.17) is 0 Å². The number of aryl methyl sites for hydroxylation is 1. The van der Waals surface area contributed by atoms with Gasteiger partial charge in [-0.25, -0.2) is 0 Å². The Labute approximate surface area is 152 Å². The monoisotopic (exact) mass is 331 g/mol. The summed E-state index contributed by atoms with van der Waals surface area (Å²) in [6.07, 6.45) is 14.7. The SMILES string of the molecule is CCCC1CCC(CCc2ccc(C#Cc3ccncc3)cc2)CC1. The topological polar surface area (TPSA) is 12.9 Å².